The molecule has 13 heteroatoms. The van der Waals surface area contributed by atoms with Crippen molar-refractivity contribution in [1.29, 1.82) is 0 Å². The van der Waals surface area contributed by atoms with Gasteiger partial charge in [0, 0.05) is 79.6 Å². The average molecular weight is 745 g/mol. The normalized spacial score (nSPS) is 16.8. The van der Waals surface area contributed by atoms with Crippen molar-refractivity contribution in [3.8, 4) is 28.0 Å². The van der Waals surface area contributed by atoms with Gasteiger partial charge in [0.25, 0.3) is 17.7 Å². The molecule has 2 saturated heterocycles. The fourth-order valence-electron chi connectivity index (χ4n) is 7.41. The molecule has 1 atom stereocenters. The number of imide groups is 2. The second kappa shape index (κ2) is 16.9. The van der Waals surface area contributed by atoms with Crippen LogP contribution in [0.15, 0.2) is 79.4 Å². The van der Waals surface area contributed by atoms with E-state index >= 15 is 0 Å². The second-order valence-electron chi connectivity index (χ2n) is 14.2. The van der Waals surface area contributed by atoms with Crippen LogP contribution in [0.1, 0.15) is 84.9 Å². The number of aromatic nitrogens is 2. The fourth-order valence-corrected chi connectivity index (χ4v) is 7.41. The van der Waals surface area contributed by atoms with Crippen LogP contribution in [0.2, 0.25) is 0 Å². The Morgan fingerprint density at radius 1 is 0.836 bits per heavy atom. The standard InChI is InChI=1S/C42H44N6O7/c49-36-17-16-34(40(52)45-36)48-41(53)33-9-7-10-35(39(33)42(48)54)55-27-37(50)44-19-5-3-1-2-4-6-20-46-22-18-29(26-46)31-23-30(24-43-25-31)28-12-14-32(15-13-28)47-21-8-11-38(47)51/h7,9-10,12-15,18,22-26,34H,1-6,8,11,16-17,19-21,27H2,(H,44,50)(H,45,49,52). The van der Waals surface area contributed by atoms with Crippen molar-refractivity contribution in [3.05, 3.63) is 90.5 Å². The fraction of sp³-hybridized carbons (Fsp3) is 0.357. The van der Waals surface area contributed by atoms with Gasteiger partial charge in [0.2, 0.25) is 17.7 Å². The molecule has 284 valence electrons. The van der Waals surface area contributed by atoms with Gasteiger partial charge >= 0.3 is 0 Å². The Hall–Kier alpha value is -6.11. The molecule has 55 heavy (non-hydrogen) atoms. The Kier molecular flexibility index (Phi) is 11.4. The van der Waals surface area contributed by atoms with Crippen LogP contribution in [0.4, 0.5) is 5.69 Å². The molecule has 0 radical (unpaired) electrons. The lowest BCUT2D eigenvalue weighted by atomic mass is 10.0. The Balaban J connectivity index is 0.778. The summed E-state index contributed by atoms with van der Waals surface area (Å²) >= 11 is 0. The van der Waals surface area contributed by atoms with E-state index in [4.69, 9.17) is 4.74 Å². The maximum atomic E-state index is 13.2. The van der Waals surface area contributed by atoms with E-state index in [1.54, 1.807) is 6.07 Å². The summed E-state index contributed by atoms with van der Waals surface area (Å²) in [5.74, 6) is -2.50. The van der Waals surface area contributed by atoms with Gasteiger partial charge in [-0.05, 0) is 67.6 Å². The van der Waals surface area contributed by atoms with Crippen molar-refractivity contribution in [2.75, 3.05) is 24.6 Å². The summed E-state index contributed by atoms with van der Waals surface area (Å²) in [4.78, 5) is 81.9. The number of unbranched alkanes of at least 4 members (excludes halogenated alkanes) is 5. The number of carbonyl (C=O) groups is 6. The van der Waals surface area contributed by atoms with Crippen molar-refractivity contribution in [2.24, 2.45) is 0 Å². The molecule has 0 aliphatic carbocycles. The lowest BCUT2D eigenvalue weighted by molar-refractivity contribution is -0.136. The number of fused-ring (bicyclic) bond motifs is 1. The first kappa shape index (κ1) is 37.2. The van der Waals surface area contributed by atoms with E-state index in [2.05, 4.69) is 56.8 Å². The van der Waals surface area contributed by atoms with Gasteiger partial charge < -0.3 is 19.5 Å². The zero-order chi connectivity index (χ0) is 38.3. The number of anilines is 1. The highest BCUT2D eigenvalue weighted by atomic mass is 16.5. The van der Waals surface area contributed by atoms with Gasteiger partial charge in [-0.15, -0.1) is 0 Å². The van der Waals surface area contributed by atoms with E-state index in [1.807, 2.05) is 29.4 Å². The number of aryl methyl sites for hydroxylation is 1. The molecule has 13 nitrogen and oxygen atoms in total. The second-order valence-corrected chi connectivity index (χ2v) is 14.2. The number of piperidine rings is 1. The molecule has 2 fully saturated rings. The van der Waals surface area contributed by atoms with Crippen LogP contribution in [0.25, 0.3) is 22.3 Å². The molecule has 5 heterocycles. The molecule has 1 unspecified atom stereocenters. The molecule has 4 aromatic rings. The van der Waals surface area contributed by atoms with Crippen LogP contribution >= 0.6 is 0 Å². The van der Waals surface area contributed by atoms with Gasteiger partial charge in [0.05, 0.1) is 11.1 Å². The van der Waals surface area contributed by atoms with Crippen LogP contribution in [-0.4, -0.2) is 75.6 Å². The first-order valence-electron chi connectivity index (χ1n) is 19.0. The highest BCUT2D eigenvalue weighted by Crippen LogP contribution is 2.34. The van der Waals surface area contributed by atoms with Gasteiger partial charge in [-0.1, -0.05) is 43.9 Å². The number of carbonyl (C=O) groups excluding carboxylic acids is 6. The largest absolute Gasteiger partial charge is 0.483 e. The Labute approximate surface area is 319 Å². The van der Waals surface area contributed by atoms with E-state index in [-0.39, 0.29) is 48.1 Å². The van der Waals surface area contributed by atoms with Crippen molar-refractivity contribution in [1.82, 2.24) is 25.1 Å². The third-order valence-electron chi connectivity index (χ3n) is 10.4. The summed E-state index contributed by atoms with van der Waals surface area (Å²) < 4.78 is 7.87. The Morgan fingerprint density at radius 3 is 2.36 bits per heavy atom. The van der Waals surface area contributed by atoms with Gasteiger partial charge in [-0.25, -0.2) is 0 Å². The lowest BCUT2D eigenvalue weighted by Crippen LogP contribution is -2.54. The number of rotatable bonds is 16. The average Bonchev–Trinajstić information content (AvgIpc) is 3.91. The van der Waals surface area contributed by atoms with E-state index in [0.29, 0.717) is 13.0 Å². The number of pyridine rings is 1. The van der Waals surface area contributed by atoms with Gasteiger partial charge in [0.1, 0.15) is 11.8 Å². The maximum Gasteiger partial charge on any atom is 0.266 e. The number of hydrogen-bond acceptors (Lipinski definition) is 8. The molecule has 3 aliphatic heterocycles. The SMILES string of the molecule is O=C(COc1cccc2c1C(=O)N(C1CCC(=O)NC1=O)C2=O)NCCCCCCCCn1ccc(-c2cncc(-c3ccc(N4CCCC4=O)cc3)c2)c1. The monoisotopic (exact) mass is 744 g/mol. The number of ether oxygens (including phenoxy) is 1. The molecular formula is C42H44N6O7. The van der Waals surface area contributed by atoms with Crippen molar-refractivity contribution < 1.29 is 33.5 Å². The van der Waals surface area contributed by atoms with Crippen LogP contribution in [-0.2, 0) is 25.7 Å². The van der Waals surface area contributed by atoms with Crippen molar-refractivity contribution in [3.63, 3.8) is 0 Å². The summed E-state index contributed by atoms with van der Waals surface area (Å²) in [5.41, 5.74) is 5.33. The molecule has 0 saturated carbocycles. The number of hydrogen-bond donors (Lipinski definition) is 2. The molecule has 2 aromatic carbocycles. The maximum absolute atomic E-state index is 13.2. The molecule has 0 bridgehead atoms. The summed E-state index contributed by atoms with van der Waals surface area (Å²) in [6, 6.07) is 15.9. The van der Waals surface area contributed by atoms with Crippen LogP contribution in [0.3, 0.4) is 0 Å². The smallest absolute Gasteiger partial charge is 0.266 e. The quantitative estimate of drug-likeness (QED) is 0.116. The predicted molar refractivity (Wildman–Crippen MR) is 204 cm³/mol. The van der Waals surface area contributed by atoms with E-state index < -0.39 is 29.7 Å². The minimum Gasteiger partial charge on any atom is -0.483 e. The third kappa shape index (κ3) is 8.51. The van der Waals surface area contributed by atoms with E-state index in [1.165, 1.54) is 12.1 Å². The zero-order valence-corrected chi connectivity index (χ0v) is 30.6. The van der Waals surface area contributed by atoms with E-state index in [9.17, 15) is 28.8 Å². The highest BCUT2D eigenvalue weighted by Gasteiger charge is 2.46. The van der Waals surface area contributed by atoms with Gasteiger partial charge in [-0.2, -0.15) is 0 Å². The first-order valence-corrected chi connectivity index (χ1v) is 19.0. The zero-order valence-electron chi connectivity index (χ0n) is 30.6. The topological polar surface area (TPSA) is 160 Å². The van der Waals surface area contributed by atoms with Crippen LogP contribution in [0.5, 0.6) is 5.75 Å². The number of nitrogens with one attached hydrogen (secondary N) is 2. The van der Waals surface area contributed by atoms with Gasteiger partial charge in [-0.3, -0.25) is 44.0 Å². The molecule has 0 spiro atoms. The molecule has 2 N–H and O–H groups in total. The molecule has 3 aliphatic rings. The number of amides is 6. The predicted octanol–water partition coefficient (Wildman–Crippen LogP) is 5.28. The van der Waals surface area contributed by atoms with Crippen LogP contribution in [0, 0.1) is 0 Å². The first-order chi connectivity index (χ1) is 26.8. The Morgan fingerprint density at radius 2 is 1.60 bits per heavy atom. The van der Waals surface area contributed by atoms with Crippen molar-refractivity contribution in [2.45, 2.75) is 76.8 Å². The summed E-state index contributed by atoms with van der Waals surface area (Å²) in [6.45, 7) is 1.89. The number of benzene rings is 2. The molecular weight excluding hydrogens is 700 g/mol. The molecule has 2 aromatic heterocycles. The van der Waals surface area contributed by atoms with Crippen molar-refractivity contribution >= 4 is 41.1 Å². The molecule has 6 amide bonds. The van der Waals surface area contributed by atoms with Gasteiger partial charge in [0.15, 0.2) is 6.61 Å². The minimum absolute atomic E-state index is 0.0149. The highest BCUT2D eigenvalue weighted by molar-refractivity contribution is 6.24. The van der Waals surface area contributed by atoms with E-state index in [0.717, 1.165) is 90.9 Å². The lowest BCUT2D eigenvalue weighted by Gasteiger charge is -2.27. The summed E-state index contributed by atoms with van der Waals surface area (Å²) in [7, 11) is 0. The molecule has 7 rings (SSSR count). The van der Waals surface area contributed by atoms with Crippen LogP contribution < -0.4 is 20.3 Å². The third-order valence-corrected chi connectivity index (χ3v) is 10.4. The summed E-state index contributed by atoms with van der Waals surface area (Å²) in [6.07, 6.45) is 15.8. The number of nitrogens with zero attached hydrogens (tertiary/aromatic N) is 4. The summed E-state index contributed by atoms with van der Waals surface area (Å²) in [5, 5.41) is 5.02. The minimum atomic E-state index is -1.08. The Bertz CT molecular complexity index is 2110.